The molecule has 166 valence electrons. The molecule has 1 amide bonds. The van der Waals surface area contributed by atoms with Gasteiger partial charge >= 0.3 is 5.97 Å². The fraction of sp³-hybridized carbons (Fsp3) is 0.200. The maximum Gasteiger partial charge on any atom is 0.338 e. The number of halogens is 2. The summed E-state index contributed by atoms with van der Waals surface area (Å²) >= 11 is 12.4. The summed E-state index contributed by atoms with van der Waals surface area (Å²) in [6, 6.07) is 18.8. The van der Waals surface area contributed by atoms with Gasteiger partial charge in [-0.3, -0.25) is 4.79 Å². The van der Waals surface area contributed by atoms with E-state index >= 15 is 0 Å². The number of benzene rings is 3. The summed E-state index contributed by atoms with van der Waals surface area (Å²) < 4.78 is 10.6. The van der Waals surface area contributed by atoms with Gasteiger partial charge in [-0.25, -0.2) is 4.79 Å². The summed E-state index contributed by atoms with van der Waals surface area (Å²) in [5, 5.41) is 0.973. The molecule has 32 heavy (non-hydrogen) atoms. The van der Waals surface area contributed by atoms with Gasteiger partial charge in [0.05, 0.1) is 25.3 Å². The summed E-state index contributed by atoms with van der Waals surface area (Å²) in [5.41, 5.74) is 2.22. The molecule has 0 N–H and O–H groups in total. The standard InChI is InChI=1S/C25H23Cl2NO4/c1-3-31-22-7-5-6-18(14-22)24(29)28(16-19-8-11-20(26)15-23(19)27)21-12-9-17(10-13-21)25(30)32-4-2/h5-15H,3-4,16H2,1-2H3. The minimum atomic E-state index is -0.415. The molecule has 7 heteroatoms. The van der Waals surface area contributed by atoms with Gasteiger partial charge in [-0.2, -0.15) is 0 Å². The van der Waals surface area contributed by atoms with E-state index in [-0.39, 0.29) is 19.1 Å². The zero-order valence-electron chi connectivity index (χ0n) is 17.8. The number of ether oxygens (including phenoxy) is 2. The van der Waals surface area contributed by atoms with Crippen molar-refractivity contribution in [3.63, 3.8) is 0 Å². The van der Waals surface area contributed by atoms with Crippen LogP contribution in [0.2, 0.25) is 10.0 Å². The molecule has 0 bridgehead atoms. The Balaban J connectivity index is 1.98. The van der Waals surface area contributed by atoms with Gasteiger partial charge in [-0.15, -0.1) is 0 Å². The zero-order valence-corrected chi connectivity index (χ0v) is 19.3. The Bertz CT molecular complexity index is 1100. The van der Waals surface area contributed by atoms with E-state index in [1.807, 2.05) is 6.92 Å². The summed E-state index contributed by atoms with van der Waals surface area (Å²) in [5.74, 6) is -0.0379. The number of hydrogen-bond acceptors (Lipinski definition) is 4. The van der Waals surface area contributed by atoms with Crippen molar-refractivity contribution in [1.82, 2.24) is 0 Å². The van der Waals surface area contributed by atoms with Gasteiger partial charge < -0.3 is 14.4 Å². The highest BCUT2D eigenvalue weighted by molar-refractivity contribution is 6.35. The van der Waals surface area contributed by atoms with Crippen LogP contribution in [0.1, 0.15) is 40.1 Å². The molecule has 3 aromatic carbocycles. The first-order valence-electron chi connectivity index (χ1n) is 10.2. The van der Waals surface area contributed by atoms with Gasteiger partial charge in [0.25, 0.3) is 5.91 Å². The number of hydrogen-bond donors (Lipinski definition) is 0. The van der Waals surface area contributed by atoms with Gasteiger partial charge in [-0.1, -0.05) is 35.3 Å². The van der Waals surface area contributed by atoms with Crippen molar-refractivity contribution in [3.8, 4) is 5.75 Å². The first-order valence-corrected chi connectivity index (χ1v) is 10.9. The molecule has 3 aromatic rings. The zero-order chi connectivity index (χ0) is 23.1. The first-order chi connectivity index (χ1) is 15.4. The highest BCUT2D eigenvalue weighted by Gasteiger charge is 2.21. The third-order valence-corrected chi connectivity index (χ3v) is 5.26. The third-order valence-electron chi connectivity index (χ3n) is 4.67. The molecule has 0 saturated heterocycles. The van der Waals surface area contributed by atoms with E-state index in [2.05, 4.69) is 0 Å². The minimum Gasteiger partial charge on any atom is -0.494 e. The molecular formula is C25H23Cl2NO4. The molecule has 0 spiro atoms. The Morgan fingerprint density at radius 2 is 1.62 bits per heavy atom. The van der Waals surface area contributed by atoms with Crippen molar-refractivity contribution >= 4 is 40.8 Å². The lowest BCUT2D eigenvalue weighted by Gasteiger charge is -2.24. The van der Waals surface area contributed by atoms with Gasteiger partial charge in [-0.05, 0) is 74.0 Å². The van der Waals surface area contributed by atoms with E-state index in [4.69, 9.17) is 32.7 Å². The predicted molar refractivity (Wildman–Crippen MR) is 127 cm³/mol. The lowest BCUT2D eigenvalue weighted by Crippen LogP contribution is -2.30. The summed E-state index contributed by atoms with van der Waals surface area (Å²) in [7, 11) is 0. The Morgan fingerprint density at radius 3 is 2.28 bits per heavy atom. The molecule has 0 saturated carbocycles. The second kappa shape index (κ2) is 11.0. The van der Waals surface area contributed by atoms with E-state index in [1.54, 1.807) is 78.6 Å². The molecule has 5 nitrogen and oxygen atoms in total. The van der Waals surface area contributed by atoms with Crippen LogP contribution in [0, 0.1) is 0 Å². The summed E-state index contributed by atoms with van der Waals surface area (Å²) in [6.45, 7) is 4.63. The highest BCUT2D eigenvalue weighted by Crippen LogP contribution is 2.27. The molecule has 0 atom stereocenters. The summed E-state index contributed by atoms with van der Waals surface area (Å²) in [6.07, 6.45) is 0. The molecule has 0 heterocycles. The van der Waals surface area contributed by atoms with Crippen LogP contribution in [0.15, 0.2) is 66.7 Å². The SMILES string of the molecule is CCOC(=O)c1ccc(N(Cc2ccc(Cl)cc2Cl)C(=O)c2cccc(OCC)c2)cc1. The van der Waals surface area contributed by atoms with Crippen molar-refractivity contribution in [2.45, 2.75) is 20.4 Å². The average Bonchev–Trinajstić information content (AvgIpc) is 2.79. The molecule has 0 aliphatic carbocycles. The Labute approximate surface area is 197 Å². The van der Waals surface area contributed by atoms with Crippen molar-refractivity contribution < 1.29 is 19.1 Å². The van der Waals surface area contributed by atoms with Crippen molar-refractivity contribution in [2.24, 2.45) is 0 Å². The highest BCUT2D eigenvalue weighted by atomic mass is 35.5. The Hall–Kier alpha value is -3.02. The second-order valence-electron chi connectivity index (χ2n) is 6.86. The van der Waals surface area contributed by atoms with Crippen LogP contribution in [0.25, 0.3) is 0 Å². The summed E-state index contributed by atoms with van der Waals surface area (Å²) in [4.78, 5) is 27.1. The number of amides is 1. The van der Waals surface area contributed by atoms with Crippen molar-refractivity contribution in [2.75, 3.05) is 18.1 Å². The van der Waals surface area contributed by atoms with Gasteiger partial charge in [0.15, 0.2) is 0 Å². The van der Waals surface area contributed by atoms with Crippen LogP contribution < -0.4 is 9.64 Å². The molecule has 3 rings (SSSR count). The lowest BCUT2D eigenvalue weighted by atomic mass is 10.1. The van der Waals surface area contributed by atoms with E-state index in [9.17, 15) is 9.59 Å². The molecule has 0 radical (unpaired) electrons. The molecule has 0 aromatic heterocycles. The molecule has 0 fully saturated rings. The quantitative estimate of drug-likeness (QED) is 0.355. The molecular weight excluding hydrogens is 449 g/mol. The maximum atomic E-state index is 13.5. The van der Waals surface area contributed by atoms with E-state index in [0.29, 0.717) is 39.2 Å². The number of rotatable bonds is 8. The number of nitrogens with zero attached hydrogens (tertiary/aromatic N) is 1. The van der Waals surface area contributed by atoms with Crippen LogP contribution in [-0.4, -0.2) is 25.1 Å². The maximum absolute atomic E-state index is 13.5. The number of carbonyl (C=O) groups is 2. The van der Waals surface area contributed by atoms with Crippen molar-refractivity contribution in [1.29, 1.82) is 0 Å². The topological polar surface area (TPSA) is 55.8 Å². The largest absolute Gasteiger partial charge is 0.494 e. The van der Waals surface area contributed by atoms with Crippen LogP contribution >= 0.6 is 23.2 Å². The Morgan fingerprint density at radius 1 is 0.875 bits per heavy atom. The van der Waals surface area contributed by atoms with E-state index in [1.165, 1.54) is 0 Å². The number of anilines is 1. The van der Waals surface area contributed by atoms with Crippen LogP contribution in [0.4, 0.5) is 5.69 Å². The average molecular weight is 472 g/mol. The van der Waals surface area contributed by atoms with Gasteiger partial charge in [0.2, 0.25) is 0 Å². The number of carbonyl (C=O) groups excluding carboxylic acids is 2. The normalized spacial score (nSPS) is 10.5. The van der Waals surface area contributed by atoms with Crippen molar-refractivity contribution in [3.05, 3.63) is 93.5 Å². The van der Waals surface area contributed by atoms with Crippen LogP contribution in [0.5, 0.6) is 5.75 Å². The van der Waals surface area contributed by atoms with Crippen LogP contribution in [-0.2, 0) is 11.3 Å². The predicted octanol–water partition coefficient (Wildman–Crippen LogP) is 6.42. The third kappa shape index (κ3) is 5.81. The first kappa shape index (κ1) is 23.6. The van der Waals surface area contributed by atoms with E-state index < -0.39 is 5.97 Å². The smallest absolute Gasteiger partial charge is 0.338 e. The van der Waals surface area contributed by atoms with Gasteiger partial charge in [0.1, 0.15) is 5.75 Å². The van der Waals surface area contributed by atoms with Gasteiger partial charge in [0, 0.05) is 21.3 Å². The molecule has 0 aliphatic rings. The fourth-order valence-electron chi connectivity index (χ4n) is 3.13. The lowest BCUT2D eigenvalue weighted by molar-refractivity contribution is 0.0526. The number of esters is 1. The monoisotopic (exact) mass is 471 g/mol. The molecule has 0 aliphatic heterocycles. The second-order valence-corrected chi connectivity index (χ2v) is 7.70. The Kier molecular flexibility index (Phi) is 8.14. The van der Waals surface area contributed by atoms with Crippen LogP contribution in [0.3, 0.4) is 0 Å². The minimum absolute atomic E-state index is 0.215. The van der Waals surface area contributed by atoms with E-state index in [0.717, 1.165) is 5.56 Å². The molecule has 0 unspecified atom stereocenters. The fourth-order valence-corrected chi connectivity index (χ4v) is 3.60.